The van der Waals surface area contributed by atoms with E-state index in [9.17, 15) is 18.4 Å². The molecule has 0 aromatic carbocycles. The van der Waals surface area contributed by atoms with Gasteiger partial charge in [0, 0.05) is 5.92 Å². The van der Waals surface area contributed by atoms with Gasteiger partial charge < -0.3 is 5.73 Å². The topological polar surface area (TPSA) is 80.0 Å². The van der Waals surface area contributed by atoms with E-state index in [0.717, 1.165) is 10.7 Å². The molecular formula is C13H14F3N5. The summed E-state index contributed by atoms with van der Waals surface area (Å²) in [6.07, 6.45) is -1.78. The van der Waals surface area contributed by atoms with Crippen LogP contribution < -0.4 is 5.73 Å². The molecule has 8 heteroatoms. The minimum absolute atomic E-state index is 0.0400. The lowest BCUT2D eigenvalue weighted by Gasteiger charge is -2.23. The summed E-state index contributed by atoms with van der Waals surface area (Å²) in [5.74, 6) is -0.977. The molecule has 0 bridgehead atoms. The lowest BCUT2D eigenvalue weighted by Crippen LogP contribution is -2.24. The zero-order chi connectivity index (χ0) is 15.9. The van der Waals surface area contributed by atoms with Crippen molar-refractivity contribution in [3.8, 4) is 6.07 Å². The van der Waals surface area contributed by atoms with E-state index >= 15 is 0 Å². The van der Waals surface area contributed by atoms with Gasteiger partial charge in [-0.15, -0.1) is 5.10 Å². The summed E-state index contributed by atoms with van der Waals surface area (Å²) < 4.78 is 41.9. The van der Waals surface area contributed by atoms with E-state index in [1.54, 1.807) is 6.07 Å². The highest BCUT2D eigenvalue weighted by atomic mass is 19.3. The van der Waals surface area contributed by atoms with Gasteiger partial charge in [0.25, 0.3) is 6.43 Å². The molecule has 1 atom stereocenters. The number of nitrogen functional groups attached to an aromatic ring is 1. The fraction of sp³-hybridized carbons (Fsp3) is 0.462. The van der Waals surface area contributed by atoms with Crippen LogP contribution >= 0.6 is 0 Å². The second kappa shape index (κ2) is 4.91. The zero-order valence-electron chi connectivity index (χ0n) is 11.7. The lowest BCUT2D eigenvalue weighted by molar-refractivity contribution is 0.152. The largest absolute Gasteiger partial charge is 0.367 e. The third-order valence-electron chi connectivity index (χ3n) is 3.55. The molecule has 0 amide bonds. The Hall–Kier alpha value is -2.30. The number of alkyl halides is 3. The Balaban J connectivity index is 2.92. The molecule has 112 valence electrons. The number of hydrogen-bond acceptors (Lipinski definition) is 4. The van der Waals surface area contributed by atoms with Gasteiger partial charge in [0.15, 0.2) is 0 Å². The van der Waals surface area contributed by atoms with Crippen LogP contribution in [0.4, 0.5) is 19.1 Å². The maximum atomic E-state index is 14.2. The Kier molecular flexibility index (Phi) is 3.53. The number of nitrogens with zero attached hydrogens (tertiary/aromatic N) is 4. The van der Waals surface area contributed by atoms with Crippen LogP contribution in [0.1, 0.15) is 49.9 Å². The number of aromatic nitrogens is 3. The minimum Gasteiger partial charge on any atom is -0.367 e. The van der Waals surface area contributed by atoms with Crippen LogP contribution in [0.15, 0.2) is 6.20 Å². The van der Waals surface area contributed by atoms with E-state index < -0.39 is 23.6 Å². The molecule has 0 radical (unpaired) electrons. The second-order valence-electron chi connectivity index (χ2n) is 5.29. The van der Waals surface area contributed by atoms with Gasteiger partial charge in [0.05, 0.1) is 28.5 Å². The van der Waals surface area contributed by atoms with Crippen LogP contribution in [0.3, 0.4) is 0 Å². The van der Waals surface area contributed by atoms with Crippen molar-refractivity contribution in [1.29, 1.82) is 5.26 Å². The minimum atomic E-state index is -2.90. The van der Waals surface area contributed by atoms with E-state index in [4.69, 9.17) is 5.73 Å². The van der Waals surface area contributed by atoms with Gasteiger partial charge in [-0.2, -0.15) is 5.26 Å². The summed E-state index contributed by atoms with van der Waals surface area (Å²) in [4.78, 5) is 3.67. The van der Waals surface area contributed by atoms with Crippen molar-refractivity contribution in [2.45, 2.75) is 38.8 Å². The van der Waals surface area contributed by atoms with Crippen LogP contribution in [0.2, 0.25) is 0 Å². The molecule has 0 saturated heterocycles. The molecule has 0 aliphatic carbocycles. The maximum Gasteiger partial charge on any atom is 0.267 e. The Bertz CT molecular complexity index is 724. The van der Waals surface area contributed by atoms with Gasteiger partial charge in [-0.05, 0) is 13.8 Å². The number of rotatable bonds is 3. The van der Waals surface area contributed by atoms with Crippen molar-refractivity contribution < 1.29 is 13.2 Å². The highest BCUT2D eigenvalue weighted by molar-refractivity contribution is 5.65. The summed E-state index contributed by atoms with van der Waals surface area (Å²) in [5.41, 5.74) is 3.01. The predicted molar refractivity (Wildman–Crippen MR) is 70.7 cm³/mol. The number of nitriles is 1. The number of fused-ring (bicyclic) bond motifs is 1. The van der Waals surface area contributed by atoms with Crippen molar-refractivity contribution >= 4 is 11.5 Å². The second-order valence-corrected chi connectivity index (χ2v) is 5.29. The number of halogens is 3. The van der Waals surface area contributed by atoms with Crippen LogP contribution in [0.25, 0.3) is 5.52 Å². The van der Waals surface area contributed by atoms with Crippen molar-refractivity contribution in [2.24, 2.45) is 0 Å². The highest BCUT2D eigenvalue weighted by Crippen LogP contribution is 2.39. The van der Waals surface area contributed by atoms with E-state index in [0.29, 0.717) is 0 Å². The van der Waals surface area contributed by atoms with E-state index in [2.05, 4.69) is 10.1 Å². The molecule has 1 unspecified atom stereocenters. The molecule has 5 nitrogen and oxygen atoms in total. The molecule has 2 aromatic rings. The zero-order valence-corrected chi connectivity index (χ0v) is 11.7. The first-order valence-electron chi connectivity index (χ1n) is 6.22. The standard InChI is InChI=1S/C13H14F3N5/c1-6(13(2,3)16)10-7(4-17)9(11(14)15)8-5-19-12(18)20-21(8)10/h5-6,11H,1-3H3,(H2,18,20). The molecule has 2 N–H and O–H groups in total. The number of anilines is 1. The maximum absolute atomic E-state index is 14.2. The van der Waals surface area contributed by atoms with Crippen molar-refractivity contribution in [2.75, 3.05) is 5.73 Å². The summed E-state index contributed by atoms with van der Waals surface area (Å²) in [7, 11) is 0. The van der Waals surface area contributed by atoms with Crippen LogP contribution in [0.5, 0.6) is 0 Å². The van der Waals surface area contributed by atoms with Crippen molar-refractivity contribution in [1.82, 2.24) is 14.6 Å². The fourth-order valence-electron chi connectivity index (χ4n) is 2.17. The molecule has 0 aliphatic heterocycles. The molecule has 21 heavy (non-hydrogen) atoms. The third kappa shape index (κ3) is 2.39. The Morgan fingerprint density at radius 3 is 2.52 bits per heavy atom. The molecule has 2 rings (SSSR count). The number of nitrogens with two attached hydrogens (primary N) is 1. The summed E-state index contributed by atoms with van der Waals surface area (Å²) in [6, 6.07) is 1.73. The lowest BCUT2D eigenvalue weighted by atomic mass is 9.89. The van der Waals surface area contributed by atoms with Gasteiger partial charge in [0.2, 0.25) is 5.95 Å². The number of hydrogen-bond donors (Lipinski definition) is 1. The molecule has 2 heterocycles. The molecule has 0 aliphatic rings. The Labute approximate surface area is 119 Å². The van der Waals surface area contributed by atoms with Gasteiger partial charge in [-0.1, -0.05) is 6.92 Å². The normalized spacial score (nSPS) is 13.6. The summed E-state index contributed by atoms with van der Waals surface area (Å²) in [5, 5.41) is 13.1. The Morgan fingerprint density at radius 1 is 1.43 bits per heavy atom. The average Bonchev–Trinajstić information content (AvgIpc) is 2.69. The molecule has 0 fully saturated rings. The van der Waals surface area contributed by atoms with Gasteiger partial charge in [-0.25, -0.2) is 22.7 Å². The first-order valence-corrected chi connectivity index (χ1v) is 6.22. The van der Waals surface area contributed by atoms with Crippen LogP contribution in [0, 0.1) is 11.3 Å². The van der Waals surface area contributed by atoms with Gasteiger partial charge in [-0.3, -0.25) is 0 Å². The monoisotopic (exact) mass is 297 g/mol. The first-order chi connectivity index (χ1) is 9.68. The molecule has 0 saturated carbocycles. The SMILES string of the molecule is CC(c1c(C#N)c(C(F)F)c2cnc(N)nn12)C(C)(C)F. The van der Waals surface area contributed by atoms with Crippen molar-refractivity contribution in [3.63, 3.8) is 0 Å². The third-order valence-corrected chi connectivity index (χ3v) is 3.55. The first kappa shape index (κ1) is 15.1. The summed E-state index contributed by atoms with van der Waals surface area (Å²) in [6.45, 7) is 4.13. The highest BCUT2D eigenvalue weighted by Gasteiger charge is 2.35. The Morgan fingerprint density at radius 2 is 2.05 bits per heavy atom. The molecule has 2 aromatic heterocycles. The molecule has 0 spiro atoms. The van der Waals surface area contributed by atoms with Crippen molar-refractivity contribution in [3.05, 3.63) is 23.0 Å². The smallest absolute Gasteiger partial charge is 0.267 e. The fourth-order valence-corrected chi connectivity index (χ4v) is 2.17. The molecular weight excluding hydrogens is 283 g/mol. The van der Waals surface area contributed by atoms with E-state index in [1.807, 2.05) is 0 Å². The van der Waals surface area contributed by atoms with Gasteiger partial charge >= 0.3 is 0 Å². The quantitative estimate of drug-likeness (QED) is 0.944. The van der Waals surface area contributed by atoms with E-state index in [-0.39, 0.29) is 22.7 Å². The summed E-state index contributed by atoms with van der Waals surface area (Å²) >= 11 is 0. The van der Waals surface area contributed by atoms with E-state index in [1.165, 1.54) is 20.8 Å². The predicted octanol–water partition coefficient (Wildman–Crippen LogP) is 2.97. The van der Waals surface area contributed by atoms with Crippen LogP contribution in [-0.4, -0.2) is 20.3 Å². The van der Waals surface area contributed by atoms with Crippen LogP contribution in [-0.2, 0) is 0 Å². The average molecular weight is 297 g/mol. The van der Waals surface area contributed by atoms with Gasteiger partial charge in [0.1, 0.15) is 11.7 Å².